The van der Waals surface area contributed by atoms with Crippen LogP contribution in [0.1, 0.15) is 6.92 Å². The van der Waals surface area contributed by atoms with E-state index in [1.54, 1.807) is 25.1 Å². The molecular formula is C10H10N2O3S. The maximum atomic E-state index is 11.0. The number of aromatic amines is 2. The first kappa shape index (κ1) is 10.8. The normalized spacial score (nSPS) is 12.8. The zero-order chi connectivity index (χ0) is 11.7. The van der Waals surface area contributed by atoms with Gasteiger partial charge in [-0.1, -0.05) is 0 Å². The fraction of sp³-hybridized carbons (Fsp3) is 0.200. The minimum Gasteiger partial charge on any atom is -0.480 e. The molecule has 16 heavy (non-hydrogen) atoms. The van der Waals surface area contributed by atoms with Gasteiger partial charge in [0, 0.05) is 4.90 Å². The summed E-state index contributed by atoms with van der Waals surface area (Å²) in [6, 6.07) is 5.30. The zero-order valence-corrected chi connectivity index (χ0v) is 9.30. The van der Waals surface area contributed by atoms with E-state index in [1.165, 1.54) is 11.8 Å². The van der Waals surface area contributed by atoms with Gasteiger partial charge < -0.3 is 15.1 Å². The Morgan fingerprint density at radius 1 is 1.38 bits per heavy atom. The highest BCUT2D eigenvalue weighted by molar-refractivity contribution is 8.00. The number of rotatable bonds is 3. The van der Waals surface area contributed by atoms with Crippen molar-refractivity contribution in [1.29, 1.82) is 0 Å². The predicted molar refractivity (Wildman–Crippen MR) is 61.9 cm³/mol. The van der Waals surface area contributed by atoms with Crippen LogP contribution in [0.3, 0.4) is 0 Å². The van der Waals surface area contributed by atoms with E-state index in [9.17, 15) is 9.59 Å². The quantitative estimate of drug-likeness (QED) is 0.706. The predicted octanol–water partition coefficient (Wildman–Crippen LogP) is 1.42. The van der Waals surface area contributed by atoms with Gasteiger partial charge in [-0.05, 0) is 25.1 Å². The van der Waals surface area contributed by atoms with Gasteiger partial charge in [0.1, 0.15) is 5.25 Å². The van der Waals surface area contributed by atoms with E-state index in [2.05, 4.69) is 9.97 Å². The van der Waals surface area contributed by atoms with Crippen LogP contribution in [-0.2, 0) is 4.79 Å². The van der Waals surface area contributed by atoms with Crippen LogP contribution in [0.25, 0.3) is 11.0 Å². The number of hydrogen-bond donors (Lipinski definition) is 3. The fourth-order valence-corrected chi connectivity index (χ4v) is 2.18. The number of carbonyl (C=O) groups is 1. The molecule has 5 nitrogen and oxygen atoms in total. The molecule has 0 spiro atoms. The van der Waals surface area contributed by atoms with Gasteiger partial charge in [0.05, 0.1) is 11.0 Å². The van der Waals surface area contributed by atoms with E-state index < -0.39 is 11.2 Å². The molecule has 0 fully saturated rings. The number of nitrogens with one attached hydrogen (secondary N) is 2. The lowest BCUT2D eigenvalue weighted by Gasteiger charge is -2.05. The topological polar surface area (TPSA) is 86.0 Å². The minimum atomic E-state index is -0.854. The van der Waals surface area contributed by atoms with E-state index in [4.69, 9.17) is 5.11 Å². The van der Waals surface area contributed by atoms with Crippen LogP contribution in [0.15, 0.2) is 27.9 Å². The van der Waals surface area contributed by atoms with E-state index in [1.807, 2.05) is 0 Å². The first-order valence-electron chi connectivity index (χ1n) is 4.68. The fourth-order valence-electron chi connectivity index (χ4n) is 1.34. The van der Waals surface area contributed by atoms with Crippen LogP contribution in [-0.4, -0.2) is 26.3 Å². The largest absolute Gasteiger partial charge is 0.480 e. The Kier molecular flexibility index (Phi) is 2.74. The van der Waals surface area contributed by atoms with Crippen LogP contribution < -0.4 is 5.69 Å². The molecule has 0 bridgehead atoms. The molecule has 0 saturated carbocycles. The lowest BCUT2D eigenvalue weighted by atomic mass is 10.3. The van der Waals surface area contributed by atoms with Crippen LogP contribution in [0.5, 0.6) is 0 Å². The Balaban J connectivity index is 2.32. The molecule has 0 aliphatic heterocycles. The smallest absolute Gasteiger partial charge is 0.323 e. The number of imidazole rings is 1. The first-order valence-corrected chi connectivity index (χ1v) is 5.56. The summed E-state index contributed by atoms with van der Waals surface area (Å²) in [6.07, 6.45) is 0. The summed E-state index contributed by atoms with van der Waals surface area (Å²) in [6.45, 7) is 1.62. The molecule has 0 aliphatic carbocycles. The second kappa shape index (κ2) is 4.05. The average molecular weight is 238 g/mol. The minimum absolute atomic E-state index is 0.261. The third kappa shape index (κ3) is 2.11. The monoisotopic (exact) mass is 238 g/mol. The molecule has 6 heteroatoms. The maximum absolute atomic E-state index is 11.0. The van der Waals surface area contributed by atoms with Crippen molar-refractivity contribution in [3.63, 3.8) is 0 Å². The maximum Gasteiger partial charge on any atom is 0.323 e. The highest BCUT2D eigenvalue weighted by atomic mass is 32.2. The highest BCUT2D eigenvalue weighted by Crippen LogP contribution is 2.25. The second-order valence-electron chi connectivity index (χ2n) is 3.38. The molecule has 0 amide bonds. The average Bonchev–Trinajstić information content (AvgIpc) is 2.57. The second-order valence-corrected chi connectivity index (χ2v) is 4.80. The SMILES string of the molecule is CC(Sc1ccc2[nH]c(=O)[nH]c2c1)C(=O)O. The van der Waals surface area contributed by atoms with Crippen molar-refractivity contribution in [2.75, 3.05) is 0 Å². The van der Waals surface area contributed by atoms with Gasteiger partial charge in [-0.15, -0.1) is 11.8 Å². The van der Waals surface area contributed by atoms with Gasteiger partial charge in [-0.3, -0.25) is 4.79 Å². The molecular weight excluding hydrogens is 228 g/mol. The molecule has 2 aromatic rings. The summed E-state index contributed by atoms with van der Waals surface area (Å²) in [5.74, 6) is -0.854. The van der Waals surface area contributed by atoms with Gasteiger partial charge in [0.15, 0.2) is 0 Å². The van der Waals surface area contributed by atoms with Crippen molar-refractivity contribution in [1.82, 2.24) is 9.97 Å². The first-order chi connectivity index (χ1) is 7.56. The third-order valence-electron chi connectivity index (χ3n) is 2.15. The van der Waals surface area contributed by atoms with E-state index in [0.717, 1.165) is 10.4 Å². The molecule has 2 rings (SSSR count). The molecule has 3 N–H and O–H groups in total. The molecule has 1 heterocycles. The highest BCUT2D eigenvalue weighted by Gasteiger charge is 2.12. The number of aliphatic carboxylic acids is 1. The number of thioether (sulfide) groups is 1. The summed E-state index contributed by atoms with van der Waals surface area (Å²) in [7, 11) is 0. The number of carboxylic acid groups (broad SMARTS) is 1. The molecule has 0 saturated heterocycles. The van der Waals surface area contributed by atoms with E-state index >= 15 is 0 Å². The van der Waals surface area contributed by atoms with Crippen LogP contribution in [0.2, 0.25) is 0 Å². The third-order valence-corrected chi connectivity index (χ3v) is 3.23. The zero-order valence-electron chi connectivity index (χ0n) is 8.48. The van der Waals surface area contributed by atoms with Crippen molar-refractivity contribution in [2.45, 2.75) is 17.1 Å². The van der Waals surface area contributed by atoms with Crippen molar-refractivity contribution in [2.24, 2.45) is 0 Å². The van der Waals surface area contributed by atoms with Crippen molar-refractivity contribution < 1.29 is 9.90 Å². The lowest BCUT2D eigenvalue weighted by Crippen LogP contribution is -2.10. The van der Waals surface area contributed by atoms with Crippen molar-refractivity contribution in [3.05, 3.63) is 28.7 Å². The Morgan fingerprint density at radius 3 is 2.75 bits per heavy atom. The van der Waals surface area contributed by atoms with Gasteiger partial charge in [-0.2, -0.15) is 0 Å². The molecule has 0 radical (unpaired) electrons. The number of fused-ring (bicyclic) bond motifs is 1. The van der Waals surface area contributed by atoms with Crippen molar-refractivity contribution in [3.8, 4) is 0 Å². The molecule has 84 valence electrons. The molecule has 1 atom stereocenters. The summed E-state index contributed by atoms with van der Waals surface area (Å²) < 4.78 is 0. The summed E-state index contributed by atoms with van der Waals surface area (Å²) in [4.78, 5) is 27.8. The Bertz CT molecular complexity index is 587. The van der Waals surface area contributed by atoms with Crippen LogP contribution >= 0.6 is 11.8 Å². The molecule has 1 aromatic carbocycles. The number of carboxylic acids is 1. The lowest BCUT2D eigenvalue weighted by molar-refractivity contribution is -0.136. The number of benzene rings is 1. The van der Waals surface area contributed by atoms with Gasteiger partial charge in [0.25, 0.3) is 0 Å². The van der Waals surface area contributed by atoms with Crippen LogP contribution in [0.4, 0.5) is 0 Å². The number of hydrogen-bond acceptors (Lipinski definition) is 3. The number of H-pyrrole nitrogens is 2. The van der Waals surface area contributed by atoms with Gasteiger partial charge in [0.2, 0.25) is 0 Å². The Hall–Kier alpha value is -1.69. The van der Waals surface area contributed by atoms with Gasteiger partial charge in [-0.25, -0.2) is 4.79 Å². The number of aromatic nitrogens is 2. The van der Waals surface area contributed by atoms with Crippen molar-refractivity contribution >= 4 is 28.8 Å². The molecule has 0 aliphatic rings. The standard InChI is InChI=1S/C10H10N2O3S/c1-5(9(13)14)16-6-2-3-7-8(4-6)12-10(15)11-7/h2-5H,1H3,(H,13,14)(H2,11,12,15). The Labute approximate surface area is 94.9 Å². The van der Waals surface area contributed by atoms with E-state index in [0.29, 0.717) is 5.52 Å². The summed E-state index contributed by atoms with van der Waals surface area (Å²) in [5, 5.41) is 8.26. The molecule has 1 aromatic heterocycles. The Morgan fingerprint density at radius 2 is 2.06 bits per heavy atom. The van der Waals surface area contributed by atoms with E-state index in [-0.39, 0.29) is 5.69 Å². The molecule has 1 unspecified atom stereocenters. The summed E-state index contributed by atoms with van der Waals surface area (Å²) >= 11 is 1.24. The summed E-state index contributed by atoms with van der Waals surface area (Å²) in [5.41, 5.74) is 1.15. The van der Waals surface area contributed by atoms with Crippen LogP contribution in [0, 0.1) is 0 Å². The van der Waals surface area contributed by atoms with Gasteiger partial charge >= 0.3 is 11.7 Å².